The summed E-state index contributed by atoms with van der Waals surface area (Å²) in [6, 6.07) is 0.931. The molecule has 0 fully saturated rings. The van der Waals surface area contributed by atoms with Crippen molar-refractivity contribution in [1.82, 2.24) is 10.2 Å². The first-order valence-electron chi connectivity index (χ1n) is 8.02. The largest absolute Gasteiger partial charge is 0.450 e. The van der Waals surface area contributed by atoms with Gasteiger partial charge in [0.15, 0.2) is 0 Å². The van der Waals surface area contributed by atoms with E-state index in [9.17, 15) is 9.59 Å². The van der Waals surface area contributed by atoms with Crippen molar-refractivity contribution >= 4 is 20.3 Å². The number of hydrogen-bond donors (Lipinski definition) is 2. The summed E-state index contributed by atoms with van der Waals surface area (Å²) in [5.74, 6) is 0. The second kappa shape index (κ2) is 9.77. The van der Waals surface area contributed by atoms with Crippen LogP contribution in [-0.4, -0.2) is 63.5 Å². The normalized spacial score (nSPS) is 11.8. The highest BCUT2D eigenvalue weighted by atomic mass is 28.3. The Morgan fingerprint density at radius 3 is 2.22 bits per heavy atom. The number of rotatable bonds is 8. The molecule has 0 aliphatic rings. The molecule has 0 unspecified atom stereocenters. The number of carbonyl (C=O) groups excluding carboxylic acids is 2. The van der Waals surface area contributed by atoms with E-state index in [-0.39, 0.29) is 13.2 Å². The summed E-state index contributed by atoms with van der Waals surface area (Å²) in [5.41, 5.74) is 4.93. The van der Waals surface area contributed by atoms with Crippen molar-refractivity contribution in [2.24, 2.45) is 5.73 Å². The predicted molar refractivity (Wildman–Crippen MR) is 94.4 cm³/mol. The Kier molecular flexibility index (Phi) is 9.22. The number of nitrogens with one attached hydrogen (secondary N) is 1. The number of hydrogen-bond acceptors (Lipinski definition) is 5. The van der Waals surface area contributed by atoms with Gasteiger partial charge in [-0.15, -0.1) is 0 Å². The lowest BCUT2D eigenvalue weighted by atomic mass is 10.1. The van der Waals surface area contributed by atoms with Gasteiger partial charge in [0, 0.05) is 33.2 Å². The van der Waals surface area contributed by atoms with Crippen LogP contribution in [-0.2, 0) is 9.47 Å². The third kappa shape index (κ3) is 11.0. The van der Waals surface area contributed by atoms with E-state index < -0.39 is 25.8 Å². The van der Waals surface area contributed by atoms with E-state index in [2.05, 4.69) is 25.0 Å². The molecule has 0 aromatic carbocycles. The van der Waals surface area contributed by atoms with Crippen molar-refractivity contribution in [2.75, 3.05) is 32.8 Å². The lowest BCUT2D eigenvalue weighted by Gasteiger charge is -2.34. The van der Waals surface area contributed by atoms with E-state index in [0.29, 0.717) is 19.7 Å². The van der Waals surface area contributed by atoms with Crippen LogP contribution in [0.5, 0.6) is 0 Å². The van der Waals surface area contributed by atoms with Crippen molar-refractivity contribution in [2.45, 2.75) is 52.0 Å². The summed E-state index contributed by atoms with van der Waals surface area (Å²) in [6.07, 6.45) is -0.885. The van der Waals surface area contributed by atoms with Crippen molar-refractivity contribution < 1.29 is 19.1 Å². The Bertz CT molecular complexity index is 378. The molecule has 0 saturated carbocycles. The topological polar surface area (TPSA) is 93.9 Å². The highest BCUT2D eigenvalue weighted by molar-refractivity contribution is 6.76. The van der Waals surface area contributed by atoms with Crippen LogP contribution in [0.3, 0.4) is 0 Å². The fraction of sp³-hybridized carbons (Fsp3) is 0.867. The number of alkyl carbamates (subject to hydrolysis) is 1. The number of ether oxygens (including phenoxy) is 2. The molecule has 2 amide bonds. The van der Waals surface area contributed by atoms with Gasteiger partial charge in [0.05, 0.1) is 6.61 Å². The average molecular weight is 348 g/mol. The number of amides is 2. The lowest BCUT2D eigenvalue weighted by molar-refractivity contribution is 0.0694. The van der Waals surface area contributed by atoms with Crippen LogP contribution >= 0.6 is 0 Å². The highest BCUT2D eigenvalue weighted by Crippen LogP contribution is 2.14. The first-order chi connectivity index (χ1) is 10.5. The summed E-state index contributed by atoms with van der Waals surface area (Å²) in [4.78, 5) is 25.2. The summed E-state index contributed by atoms with van der Waals surface area (Å²) >= 11 is 0. The van der Waals surface area contributed by atoms with Crippen LogP contribution in [0.25, 0.3) is 0 Å². The zero-order valence-corrected chi connectivity index (χ0v) is 16.4. The Hall–Kier alpha value is -1.28. The maximum absolute atomic E-state index is 12.0. The number of nitrogens with two attached hydrogens (primary N) is 1. The molecule has 0 bridgehead atoms. The quantitative estimate of drug-likeness (QED) is 0.657. The molecule has 0 aromatic heterocycles. The third-order valence-corrected chi connectivity index (χ3v) is 4.77. The fourth-order valence-corrected chi connectivity index (χ4v) is 2.41. The van der Waals surface area contributed by atoms with Crippen LogP contribution in [0.4, 0.5) is 9.59 Å². The molecule has 0 saturated heterocycles. The van der Waals surface area contributed by atoms with E-state index in [4.69, 9.17) is 15.2 Å². The minimum Gasteiger partial charge on any atom is -0.450 e. The standard InChI is InChI=1S/C15H33N3O4Si/c1-15(2,3)18(14(20)22-10-7-16)9-8-17-13(19)21-11-12-23(4,5)6/h7-12,16H2,1-6H3,(H,17,19). The first-order valence-corrected chi connectivity index (χ1v) is 11.7. The Labute approximate surface area is 140 Å². The predicted octanol–water partition coefficient (Wildman–Crippen LogP) is 2.25. The van der Waals surface area contributed by atoms with Crippen molar-refractivity contribution in [3.05, 3.63) is 0 Å². The minimum atomic E-state index is -1.21. The van der Waals surface area contributed by atoms with Crippen LogP contribution in [0.15, 0.2) is 0 Å². The monoisotopic (exact) mass is 347 g/mol. The van der Waals surface area contributed by atoms with E-state index in [1.54, 1.807) is 4.90 Å². The fourth-order valence-electron chi connectivity index (χ4n) is 1.70. The van der Waals surface area contributed by atoms with Gasteiger partial charge in [0.2, 0.25) is 0 Å². The zero-order chi connectivity index (χ0) is 18.1. The third-order valence-electron chi connectivity index (χ3n) is 3.06. The molecule has 0 atom stereocenters. The van der Waals surface area contributed by atoms with Gasteiger partial charge in [0.1, 0.15) is 6.61 Å². The molecule has 0 aliphatic carbocycles. The number of nitrogens with zero attached hydrogens (tertiary/aromatic N) is 1. The Balaban J connectivity index is 4.22. The van der Waals surface area contributed by atoms with E-state index in [0.717, 1.165) is 6.04 Å². The molecule has 0 aliphatic heterocycles. The smallest absolute Gasteiger partial charge is 0.410 e. The molecule has 0 heterocycles. The van der Waals surface area contributed by atoms with Gasteiger partial charge in [0.25, 0.3) is 0 Å². The van der Waals surface area contributed by atoms with Crippen molar-refractivity contribution in [3.63, 3.8) is 0 Å². The second-order valence-corrected chi connectivity index (χ2v) is 13.2. The minimum absolute atomic E-state index is 0.178. The van der Waals surface area contributed by atoms with Gasteiger partial charge >= 0.3 is 12.2 Å². The van der Waals surface area contributed by atoms with Gasteiger partial charge in [-0.25, -0.2) is 9.59 Å². The van der Waals surface area contributed by atoms with Gasteiger partial charge in [-0.2, -0.15) is 0 Å². The van der Waals surface area contributed by atoms with Crippen LogP contribution in [0.2, 0.25) is 25.7 Å². The molecule has 8 heteroatoms. The van der Waals surface area contributed by atoms with Gasteiger partial charge < -0.3 is 25.4 Å². The van der Waals surface area contributed by atoms with E-state index >= 15 is 0 Å². The lowest BCUT2D eigenvalue weighted by Crippen LogP contribution is -2.49. The van der Waals surface area contributed by atoms with Crippen LogP contribution < -0.4 is 11.1 Å². The molecular weight excluding hydrogens is 314 g/mol. The van der Waals surface area contributed by atoms with Gasteiger partial charge in [-0.05, 0) is 26.8 Å². The molecule has 136 valence electrons. The highest BCUT2D eigenvalue weighted by Gasteiger charge is 2.27. The van der Waals surface area contributed by atoms with Crippen molar-refractivity contribution in [1.29, 1.82) is 0 Å². The SMILES string of the molecule is CC(C)(C)N(CCNC(=O)OCC[Si](C)(C)C)C(=O)OCCN. The van der Waals surface area contributed by atoms with Crippen molar-refractivity contribution in [3.8, 4) is 0 Å². The summed E-state index contributed by atoms with van der Waals surface area (Å²) in [6.45, 7) is 13.9. The van der Waals surface area contributed by atoms with Crippen LogP contribution in [0.1, 0.15) is 20.8 Å². The van der Waals surface area contributed by atoms with Crippen LogP contribution in [0, 0.1) is 0 Å². The average Bonchev–Trinajstić information content (AvgIpc) is 2.38. The van der Waals surface area contributed by atoms with E-state index in [1.807, 2.05) is 20.8 Å². The summed E-state index contributed by atoms with van der Waals surface area (Å²) < 4.78 is 10.2. The molecular formula is C15H33N3O4Si. The maximum Gasteiger partial charge on any atom is 0.410 e. The molecule has 0 radical (unpaired) electrons. The van der Waals surface area contributed by atoms with Gasteiger partial charge in [-0.1, -0.05) is 19.6 Å². The molecule has 3 N–H and O–H groups in total. The second-order valence-electron chi connectivity index (χ2n) is 7.60. The Morgan fingerprint density at radius 2 is 1.74 bits per heavy atom. The molecule has 0 rings (SSSR count). The summed E-state index contributed by atoms with van der Waals surface area (Å²) in [5, 5.41) is 2.66. The molecule has 23 heavy (non-hydrogen) atoms. The molecule has 0 spiro atoms. The number of carbonyl (C=O) groups is 2. The Morgan fingerprint density at radius 1 is 1.13 bits per heavy atom. The zero-order valence-electron chi connectivity index (χ0n) is 15.4. The molecule has 0 aromatic rings. The first kappa shape index (κ1) is 21.7. The maximum atomic E-state index is 12.0. The molecule has 7 nitrogen and oxygen atoms in total. The summed E-state index contributed by atoms with van der Waals surface area (Å²) in [7, 11) is -1.21. The van der Waals surface area contributed by atoms with Gasteiger partial charge in [-0.3, -0.25) is 0 Å². The van der Waals surface area contributed by atoms with E-state index in [1.165, 1.54) is 0 Å².